The fraction of sp³-hybridized carbons (Fsp3) is 0.200. The number of esters is 1. The lowest BCUT2D eigenvalue weighted by Crippen LogP contribution is -2.13. The van der Waals surface area contributed by atoms with Gasteiger partial charge in [0.05, 0.1) is 11.1 Å². The van der Waals surface area contributed by atoms with Crippen LogP contribution in [0.1, 0.15) is 33.5 Å². The zero-order valence-electron chi connectivity index (χ0n) is 15.0. The summed E-state index contributed by atoms with van der Waals surface area (Å²) in [6.07, 6.45) is 0. The molecule has 2 aromatic carbocycles. The van der Waals surface area contributed by atoms with Crippen molar-refractivity contribution in [3.05, 3.63) is 65.5 Å². The van der Waals surface area contributed by atoms with Gasteiger partial charge in [-0.1, -0.05) is 17.3 Å². The van der Waals surface area contributed by atoms with Crippen LogP contribution in [0.2, 0.25) is 0 Å². The summed E-state index contributed by atoms with van der Waals surface area (Å²) >= 11 is 0. The lowest BCUT2D eigenvalue weighted by molar-refractivity contribution is 0.0449. The summed E-state index contributed by atoms with van der Waals surface area (Å²) in [5.74, 6) is 0.857. The first-order valence-electron chi connectivity index (χ1n) is 8.35. The van der Waals surface area contributed by atoms with Gasteiger partial charge in [-0.25, -0.2) is 4.79 Å². The predicted molar refractivity (Wildman–Crippen MR) is 96.7 cm³/mol. The van der Waals surface area contributed by atoms with E-state index in [0.29, 0.717) is 28.6 Å². The summed E-state index contributed by atoms with van der Waals surface area (Å²) in [5, 5.41) is 3.73. The first-order valence-corrected chi connectivity index (χ1v) is 8.35. The summed E-state index contributed by atoms with van der Waals surface area (Å²) < 4.78 is 15.8. The number of carbonyl (C=O) groups is 2. The molecule has 0 bridgehead atoms. The quantitative estimate of drug-likeness (QED) is 0.359. The van der Waals surface area contributed by atoms with E-state index in [2.05, 4.69) is 10.1 Å². The molecule has 7 heteroatoms. The zero-order chi connectivity index (χ0) is 19.2. The van der Waals surface area contributed by atoms with Gasteiger partial charge < -0.3 is 14.0 Å². The lowest BCUT2D eigenvalue weighted by atomic mass is 10.1. The number of hydrogen-bond donors (Lipinski definition) is 0. The van der Waals surface area contributed by atoms with E-state index in [1.165, 1.54) is 6.92 Å². The molecular weight excluding hydrogens is 348 g/mol. The Hall–Kier alpha value is -3.48. The van der Waals surface area contributed by atoms with Crippen LogP contribution in [0.3, 0.4) is 0 Å². The molecule has 0 fully saturated rings. The van der Waals surface area contributed by atoms with Crippen molar-refractivity contribution in [1.82, 2.24) is 10.1 Å². The third-order valence-electron chi connectivity index (χ3n) is 3.74. The minimum Gasteiger partial charge on any atom is -0.489 e. The van der Waals surface area contributed by atoms with Crippen LogP contribution in [0, 0.1) is 6.92 Å². The summed E-state index contributed by atoms with van der Waals surface area (Å²) in [4.78, 5) is 27.8. The fourth-order valence-electron chi connectivity index (χ4n) is 2.42. The van der Waals surface area contributed by atoms with Gasteiger partial charge >= 0.3 is 5.97 Å². The molecular formula is C20H18N2O5. The molecule has 27 heavy (non-hydrogen) atoms. The van der Waals surface area contributed by atoms with Gasteiger partial charge in [0.15, 0.2) is 11.6 Å². The fourth-order valence-corrected chi connectivity index (χ4v) is 2.42. The molecule has 0 aliphatic rings. The van der Waals surface area contributed by atoms with E-state index in [1.54, 1.807) is 55.5 Å². The van der Waals surface area contributed by atoms with Gasteiger partial charge in [-0.2, -0.15) is 4.98 Å². The van der Waals surface area contributed by atoms with Gasteiger partial charge in [-0.05, 0) is 50.2 Å². The minimum absolute atomic E-state index is 0.0652. The second-order valence-corrected chi connectivity index (χ2v) is 5.76. The predicted octanol–water partition coefficient (Wildman–Crippen LogP) is 3.48. The maximum Gasteiger partial charge on any atom is 0.338 e. The van der Waals surface area contributed by atoms with Gasteiger partial charge in [0.2, 0.25) is 0 Å². The number of ketones is 1. The molecule has 0 amide bonds. The molecule has 0 aliphatic carbocycles. The zero-order valence-corrected chi connectivity index (χ0v) is 15.0. The first kappa shape index (κ1) is 18.3. The van der Waals surface area contributed by atoms with Crippen molar-refractivity contribution in [2.24, 2.45) is 0 Å². The SMILES string of the molecule is CC(=O)c1ccccc1OCCOC(=O)c1ccc(-c2nc(C)no2)cc1. The van der Waals surface area contributed by atoms with Crippen LogP contribution in [0.5, 0.6) is 5.75 Å². The summed E-state index contributed by atoms with van der Waals surface area (Å²) in [5.41, 5.74) is 1.62. The van der Waals surface area contributed by atoms with Gasteiger partial charge in [0.1, 0.15) is 19.0 Å². The third kappa shape index (κ3) is 4.58. The topological polar surface area (TPSA) is 91.5 Å². The number of ether oxygens (including phenoxy) is 2. The first-order chi connectivity index (χ1) is 13.0. The van der Waals surface area contributed by atoms with Crippen LogP contribution in [0.15, 0.2) is 53.1 Å². The molecule has 0 unspecified atom stereocenters. The van der Waals surface area contributed by atoms with E-state index >= 15 is 0 Å². The summed E-state index contributed by atoms with van der Waals surface area (Å²) in [7, 11) is 0. The average molecular weight is 366 g/mol. The molecule has 3 aromatic rings. The molecule has 1 heterocycles. The number of hydrogen-bond acceptors (Lipinski definition) is 7. The van der Waals surface area contributed by atoms with Crippen molar-refractivity contribution in [2.75, 3.05) is 13.2 Å². The second-order valence-electron chi connectivity index (χ2n) is 5.76. The average Bonchev–Trinajstić information content (AvgIpc) is 3.12. The van der Waals surface area contributed by atoms with Gasteiger partial charge in [-0.3, -0.25) is 4.79 Å². The van der Waals surface area contributed by atoms with E-state index < -0.39 is 5.97 Å². The highest BCUT2D eigenvalue weighted by Crippen LogP contribution is 2.19. The van der Waals surface area contributed by atoms with Crippen molar-refractivity contribution < 1.29 is 23.6 Å². The number of Topliss-reactive ketones (excluding diaryl/α,β-unsaturated/α-hetero) is 1. The highest BCUT2D eigenvalue weighted by molar-refractivity contribution is 5.96. The number of aryl methyl sites for hydroxylation is 1. The van der Waals surface area contributed by atoms with Crippen LogP contribution >= 0.6 is 0 Å². The van der Waals surface area contributed by atoms with Crippen LogP contribution in [-0.4, -0.2) is 35.1 Å². The number of para-hydroxylation sites is 1. The third-order valence-corrected chi connectivity index (χ3v) is 3.74. The molecule has 0 saturated carbocycles. The minimum atomic E-state index is -0.466. The largest absolute Gasteiger partial charge is 0.489 e. The molecule has 7 nitrogen and oxygen atoms in total. The van der Waals surface area contributed by atoms with Crippen LogP contribution in [0.4, 0.5) is 0 Å². The van der Waals surface area contributed by atoms with Gasteiger partial charge in [-0.15, -0.1) is 0 Å². The number of nitrogens with zero attached hydrogens (tertiary/aromatic N) is 2. The smallest absolute Gasteiger partial charge is 0.338 e. The second kappa shape index (κ2) is 8.27. The molecule has 3 rings (SSSR count). The van der Waals surface area contributed by atoms with Crippen LogP contribution < -0.4 is 4.74 Å². The van der Waals surface area contributed by atoms with Crippen molar-refractivity contribution in [3.8, 4) is 17.2 Å². The molecule has 0 aliphatic heterocycles. The molecule has 0 atom stereocenters. The Kier molecular flexibility index (Phi) is 5.61. The standard InChI is InChI=1S/C20H18N2O5/c1-13(23)17-5-3-4-6-18(17)25-11-12-26-20(24)16-9-7-15(8-10-16)19-21-14(2)22-27-19/h3-10H,11-12H2,1-2H3. The van der Waals surface area contributed by atoms with Gasteiger partial charge in [0, 0.05) is 5.56 Å². The number of benzene rings is 2. The van der Waals surface area contributed by atoms with Crippen LogP contribution in [-0.2, 0) is 4.74 Å². The van der Waals surface area contributed by atoms with Gasteiger partial charge in [0.25, 0.3) is 5.89 Å². The lowest BCUT2D eigenvalue weighted by Gasteiger charge is -2.10. The van der Waals surface area contributed by atoms with E-state index in [4.69, 9.17) is 14.0 Å². The Bertz CT molecular complexity index is 947. The molecule has 0 N–H and O–H groups in total. The number of aromatic nitrogens is 2. The molecule has 0 radical (unpaired) electrons. The number of rotatable bonds is 7. The summed E-state index contributed by atoms with van der Waals surface area (Å²) in [6, 6.07) is 13.6. The highest BCUT2D eigenvalue weighted by atomic mass is 16.6. The monoisotopic (exact) mass is 366 g/mol. The van der Waals surface area contributed by atoms with Crippen molar-refractivity contribution >= 4 is 11.8 Å². The van der Waals surface area contributed by atoms with E-state index in [9.17, 15) is 9.59 Å². The number of carbonyl (C=O) groups excluding carboxylic acids is 2. The van der Waals surface area contributed by atoms with Crippen LogP contribution in [0.25, 0.3) is 11.5 Å². The Morgan fingerprint density at radius 3 is 2.44 bits per heavy atom. The maximum atomic E-state index is 12.1. The highest BCUT2D eigenvalue weighted by Gasteiger charge is 2.11. The van der Waals surface area contributed by atoms with E-state index in [-0.39, 0.29) is 19.0 Å². The molecule has 0 spiro atoms. The molecule has 0 saturated heterocycles. The van der Waals surface area contributed by atoms with E-state index in [1.807, 2.05) is 0 Å². The van der Waals surface area contributed by atoms with Crippen molar-refractivity contribution in [1.29, 1.82) is 0 Å². The van der Waals surface area contributed by atoms with Crippen molar-refractivity contribution in [2.45, 2.75) is 13.8 Å². The normalized spacial score (nSPS) is 10.4. The van der Waals surface area contributed by atoms with E-state index in [0.717, 1.165) is 5.56 Å². The molecule has 138 valence electrons. The Labute approximate surface area is 155 Å². The molecule has 1 aromatic heterocycles. The maximum absolute atomic E-state index is 12.1. The Morgan fingerprint density at radius 2 is 1.78 bits per heavy atom. The van der Waals surface area contributed by atoms with Crippen molar-refractivity contribution in [3.63, 3.8) is 0 Å². The summed E-state index contributed by atoms with van der Waals surface area (Å²) in [6.45, 7) is 3.42. The Morgan fingerprint density at radius 1 is 1.04 bits per heavy atom. The Balaban J connectivity index is 1.52.